The van der Waals surface area contributed by atoms with Crippen molar-refractivity contribution >= 4 is 18.0 Å². The number of hydrogen-bond acceptors (Lipinski definition) is 6. The topological polar surface area (TPSA) is 90.9 Å². The number of esters is 2. The zero-order chi connectivity index (χ0) is 17.0. The van der Waals surface area contributed by atoms with E-state index in [-0.39, 0.29) is 38.3 Å². The van der Waals surface area contributed by atoms with Crippen LogP contribution in [0.25, 0.3) is 0 Å². The van der Waals surface area contributed by atoms with Gasteiger partial charge in [0.1, 0.15) is 19.8 Å². The average Bonchev–Trinajstić information content (AvgIpc) is 2.49. The number of rotatable bonds is 10. The summed E-state index contributed by atoms with van der Waals surface area (Å²) in [6.45, 7) is 8.96. The Hall–Kier alpha value is -2.05. The Labute approximate surface area is 131 Å². The van der Waals surface area contributed by atoms with Crippen LogP contribution in [0, 0.1) is 5.92 Å². The number of alkyl carbamates (subject to hydrolysis) is 1. The highest BCUT2D eigenvalue weighted by atomic mass is 16.6. The molecule has 0 bridgehead atoms. The number of amides is 1. The summed E-state index contributed by atoms with van der Waals surface area (Å²) in [6, 6.07) is 0. The molecule has 22 heavy (non-hydrogen) atoms. The van der Waals surface area contributed by atoms with Gasteiger partial charge in [0.25, 0.3) is 0 Å². The van der Waals surface area contributed by atoms with Gasteiger partial charge in [-0.3, -0.25) is 4.79 Å². The van der Waals surface area contributed by atoms with Gasteiger partial charge in [0.05, 0.1) is 12.5 Å². The molecule has 0 rings (SSSR count). The van der Waals surface area contributed by atoms with Crippen LogP contribution in [-0.2, 0) is 23.8 Å². The van der Waals surface area contributed by atoms with Crippen molar-refractivity contribution in [2.75, 3.05) is 26.4 Å². The Morgan fingerprint density at radius 1 is 1.00 bits per heavy atom. The Kier molecular flexibility index (Phi) is 10.5. The van der Waals surface area contributed by atoms with E-state index in [1.165, 1.54) is 6.92 Å². The van der Waals surface area contributed by atoms with E-state index in [0.717, 1.165) is 12.8 Å². The molecule has 0 saturated carbocycles. The molecule has 0 atom stereocenters. The second-order valence-electron chi connectivity index (χ2n) is 4.66. The monoisotopic (exact) mass is 315 g/mol. The summed E-state index contributed by atoms with van der Waals surface area (Å²) >= 11 is 0. The zero-order valence-corrected chi connectivity index (χ0v) is 13.5. The first-order valence-electron chi connectivity index (χ1n) is 7.32. The third kappa shape index (κ3) is 8.99. The molecular weight excluding hydrogens is 290 g/mol. The summed E-state index contributed by atoms with van der Waals surface area (Å²) < 4.78 is 14.6. The molecule has 0 heterocycles. The molecule has 0 aliphatic carbocycles. The molecule has 0 saturated heterocycles. The first-order valence-corrected chi connectivity index (χ1v) is 7.32. The lowest BCUT2D eigenvalue weighted by Crippen LogP contribution is -2.30. The van der Waals surface area contributed by atoms with Crippen LogP contribution < -0.4 is 5.32 Å². The average molecular weight is 315 g/mol. The van der Waals surface area contributed by atoms with Crippen LogP contribution >= 0.6 is 0 Å². The lowest BCUT2D eigenvalue weighted by atomic mass is 10.0. The lowest BCUT2D eigenvalue weighted by molar-refractivity contribution is -0.149. The predicted octanol–water partition coefficient (Wildman–Crippen LogP) is 1.81. The Morgan fingerprint density at radius 3 is 2.14 bits per heavy atom. The molecule has 126 valence electrons. The molecule has 0 spiro atoms. The highest BCUT2D eigenvalue weighted by molar-refractivity contribution is 5.86. The number of carbonyl (C=O) groups is 3. The third-order valence-corrected chi connectivity index (χ3v) is 2.83. The first-order chi connectivity index (χ1) is 10.4. The summed E-state index contributed by atoms with van der Waals surface area (Å²) in [7, 11) is 0. The van der Waals surface area contributed by atoms with E-state index >= 15 is 0 Å². The number of hydrogen-bond donors (Lipinski definition) is 1. The van der Waals surface area contributed by atoms with Crippen LogP contribution in [0.2, 0.25) is 0 Å². The standard InChI is InChI=1S/C15H25NO6/c1-5-12(6-2)14(18)21-9-10-22-15(19)16-7-8-20-13(17)11(3)4/h12H,3,5-10H2,1-2,4H3,(H,16,19). The lowest BCUT2D eigenvalue weighted by Gasteiger charge is -2.12. The Bertz CT molecular complexity index is 389. The van der Waals surface area contributed by atoms with Gasteiger partial charge in [-0.15, -0.1) is 0 Å². The van der Waals surface area contributed by atoms with E-state index in [9.17, 15) is 14.4 Å². The van der Waals surface area contributed by atoms with Crippen LogP contribution in [0.3, 0.4) is 0 Å². The van der Waals surface area contributed by atoms with Crippen LogP contribution in [0.1, 0.15) is 33.6 Å². The van der Waals surface area contributed by atoms with Crippen LogP contribution in [0.15, 0.2) is 12.2 Å². The van der Waals surface area contributed by atoms with E-state index in [0.29, 0.717) is 5.57 Å². The number of carbonyl (C=O) groups excluding carboxylic acids is 3. The maximum Gasteiger partial charge on any atom is 0.407 e. The highest BCUT2D eigenvalue weighted by Gasteiger charge is 2.15. The van der Waals surface area contributed by atoms with Gasteiger partial charge in [0.15, 0.2) is 0 Å². The third-order valence-electron chi connectivity index (χ3n) is 2.83. The number of ether oxygens (including phenoxy) is 3. The van der Waals surface area contributed by atoms with E-state index < -0.39 is 12.1 Å². The van der Waals surface area contributed by atoms with Gasteiger partial charge in [-0.1, -0.05) is 20.4 Å². The van der Waals surface area contributed by atoms with Gasteiger partial charge in [-0.05, 0) is 19.8 Å². The van der Waals surface area contributed by atoms with Gasteiger partial charge < -0.3 is 19.5 Å². The Morgan fingerprint density at radius 2 is 1.59 bits per heavy atom. The van der Waals surface area contributed by atoms with Crippen LogP contribution in [0.5, 0.6) is 0 Å². The minimum atomic E-state index is -0.662. The fraction of sp³-hybridized carbons (Fsp3) is 0.667. The molecule has 0 aromatic rings. The van der Waals surface area contributed by atoms with Crippen molar-refractivity contribution < 1.29 is 28.6 Å². The second-order valence-corrected chi connectivity index (χ2v) is 4.66. The van der Waals surface area contributed by atoms with Crippen molar-refractivity contribution in [3.05, 3.63) is 12.2 Å². The van der Waals surface area contributed by atoms with Crippen LogP contribution in [-0.4, -0.2) is 44.4 Å². The molecule has 0 fully saturated rings. The van der Waals surface area contributed by atoms with Crippen LogP contribution in [0.4, 0.5) is 4.79 Å². The minimum Gasteiger partial charge on any atom is -0.462 e. The summed E-state index contributed by atoms with van der Waals surface area (Å²) in [4.78, 5) is 33.9. The molecule has 7 nitrogen and oxygen atoms in total. The summed E-state index contributed by atoms with van der Waals surface area (Å²) in [5, 5.41) is 2.40. The van der Waals surface area contributed by atoms with Crippen molar-refractivity contribution in [2.24, 2.45) is 5.92 Å². The van der Waals surface area contributed by atoms with E-state index in [4.69, 9.17) is 14.2 Å². The van der Waals surface area contributed by atoms with Crippen molar-refractivity contribution in [2.45, 2.75) is 33.6 Å². The van der Waals surface area contributed by atoms with Crippen molar-refractivity contribution in [1.29, 1.82) is 0 Å². The quantitative estimate of drug-likeness (QED) is 0.286. The molecule has 0 aliphatic rings. The summed E-state index contributed by atoms with van der Waals surface area (Å²) in [5.41, 5.74) is 0.293. The highest BCUT2D eigenvalue weighted by Crippen LogP contribution is 2.09. The van der Waals surface area contributed by atoms with E-state index in [1.54, 1.807) is 0 Å². The van der Waals surface area contributed by atoms with Crippen molar-refractivity contribution in [1.82, 2.24) is 5.32 Å². The van der Waals surface area contributed by atoms with Gasteiger partial charge >= 0.3 is 18.0 Å². The molecule has 1 N–H and O–H groups in total. The number of nitrogens with one attached hydrogen (secondary N) is 1. The fourth-order valence-corrected chi connectivity index (χ4v) is 1.49. The van der Waals surface area contributed by atoms with Crippen molar-refractivity contribution in [3.63, 3.8) is 0 Å². The maximum atomic E-state index is 11.5. The second kappa shape index (κ2) is 11.6. The molecule has 0 unspecified atom stereocenters. The fourth-order valence-electron chi connectivity index (χ4n) is 1.49. The van der Waals surface area contributed by atoms with Crippen molar-refractivity contribution in [3.8, 4) is 0 Å². The molecule has 0 aromatic heterocycles. The smallest absolute Gasteiger partial charge is 0.407 e. The SMILES string of the molecule is C=C(C)C(=O)OCCNC(=O)OCCOC(=O)C(CC)CC. The van der Waals surface area contributed by atoms with Gasteiger partial charge in [0, 0.05) is 5.57 Å². The molecule has 0 radical (unpaired) electrons. The maximum absolute atomic E-state index is 11.5. The molecule has 0 aromatic carbocycles. The van der Waals surface area contributed by atoms with E-state index in [2.05, 4.69) is 11.9 Å². The molecular formula is C15H25NO6. The normalized spacial score (nSPS) is 10.0. The van der Waals surface area contributed by atoms with Gasteiger partial charge in [-0.2, -0.15) is 0 Å². The Balaban J connectivity index is 3.64. The van der Waals surface area contributed by atoms with E-state index in [1.807, 2.05) is 13.8 Å². The van der Waals surface area contributed by atoms with Gasteiger partial charge in [0.2, 0.25) is 0 Å². The minimum absolute atomic E-state index is 0.0212. The first kappa shape index (κ1) is 19.9. The summed E-state index contributed by atoms with van der Waals surface area (Å²) in [5.74, 6) is -0.902. The van der Waals surface area contributed by atoms with Gasteiger partial charge in [-0.25, -0.2) is 9.59 Å². The largest absolute Gasteiger partial charge is 0.462 e. The predicted molar refractivity (Wildman–Crippen MR) is 80.2 cm³/mol. The molecule has 1 amide bonds. The zero-order valence-electron chi connectivity index (χ0n) is 13.5. The molecule has 7 heteroatoms. The summed E-state index contributed by atoms with van der Waals surface area (Å²) in [6.07, 6.45) is 0.782. The molecule has 0 aliphatic heterocycles.